The van der Waals surface area contributed by atoms with Gasteiger partial charge < -0.3 is 15.5 Å². The molecular weight excluding hydrogens is 274 g/mol. The van der Waals surface area contributed by atoms with Gasteiger partial charge >= 0.3 is 5.97 Å². The summed E-state index contributed by atoms with van der Waals surface area (Å²) in [6, 6.07) is -1.13. The fourth-order valence-corrected chi connectivity index (χ4v) is 2.00. The Balaban J connectivity index is 3.82. The van der Waals surface area contributed by atoms with Crippen molar-refractivity contribution in [1.29, 1.82) is 0 Å². The average molecular weight is 301 g/mol. The highest BCUT2D eigenvalue weighted by Crippen LogP contribution is 2.08. The van der Waals surface area contributed by atoms with Crippen LogP contribution in [0.3, 0.4) is 0 Å². The third-order valence-electron chi connectivity index (χ3n) is 3.22. The van der Waals surface area contributed by atoms with Crippen LogP contribution in [0.15, 0.2) is 0 Å². The van der Waals surface area contributed by atoms with E-state index in [0.29, 0.717) is 6.42 Å². The minimum absolute atomic E-state index is 0.0628. The highest BCUT2D eigenvalue weighted by Gasteiger charge is 2.20. The van der Waals surface area contributed by atoms with Gasteiger partial charge in [-0.2, -0.15) is 0 Å². The SMILES string of the molecule is CCCCCCCCC(=O)CC(=O)N[C@@H](CCO)C(=O)O. The van der Waals surface area contributed by atoms with E-state index in [2.05, 4.69) is 12.2 Å². The predicted octanol–water partition coefficient (Wildman–Crippen LogP) is 1.65. The number of Topliss-reactive ketones (excluding diaryl/α,β-unsaturated/α-hetero) is 1. The molecule has 0 aromatic heterocycles. The van der Waals surface area contributed by atoms with E-state index in [1.165, 1.54) is 19.3 Å². The first kappa shape index (κ1) is 19.6. The molecule has 3 N–H and O–H groups in total. The number of aliphatic carboxylic acids is 1. The number of rotatable bonds is 13. The zero-order valence-electron chi connectivity index (χ0n) is 12.8. The van der Waals surface area contributed by atoms with Crippen LogP contribution in [0.5, 0.6) is 0 Å². The molecule has 0 fully saturated rings. The van der Waals surface area contributed by atoms with Gasteiger partial charge in [-0.3, -0.25) is 9.59 Å². The molecular formula is C15H27NO5. The van der Waals surface area contributed by atoms with Crippen LogP contribution in [0.1, 0.15) is 64.7 Å². The fourth-order valence-electron chi connectivity index (χ4n) is 2.00. The van der Waals surface area contributed by atoms with Gasteiger partial charge in [-0.1, -0.05) is 39.0 Å². The van der Waals surface area contributed by atoms with Crippen molar-refractivity contribution in [2.24, 2.45) is 0 Å². The third-order valence-corrected chi connectivity index (χ3v) is 3.22. The molecule has 21 heavy (non-hydrogen) atoms. The average Bonchev–Trinajstić information content (AvgIpc) is 2.42. The van der Waals surface area contributed by atoms with Gasteiger partial charge in [-0.05, 0) is 6.42 Å². The topological polar surface area (TPSA) is 104 Å². The number of carbonyl (C=O) groups is 3. The van der Waals surface area contributed by atoms with E-state index >= 15 is 0 Å². The lowest BCUT2D eigenvalue weighted by Gasteiger charge is -2.12. The Labute approximate surface area is 125 Å². The summed E-state index contributed by atoms with van der Waals surface area (Å²) >= 11 is 0. The molecule has 0 bridgehead atoms. The number of carbonyl (C=O) groups excluding carboxylic acids is 2. The van der Waals surface area contributed by atoms with Gasteiger partial charge in [0.1, 0.15) is 11.8 Å². The van der Waals surface area contributed by atoms with E-state index in [1.807, 2.05) is 0 Å². The van der Waals surface area contributed by atoms with Gasteiger partial charge in [0.15, 0.2) is 0 Å². The Morgan fingerprint density at radius 1 is 1.05 bits per heavy atom. The summed E-state index contributed by atoms with van der Waals surface area (Å²) in [5.74, 6) is -1.97. The molecule has 1 atom stereocenters. The van der Waals surface area contributed by atoms with E-state index in [1.54, 1.807) is 0 Å². The summed E-state index contributed by atoms with van der Waals surface area (Å²) in [5, 5.41) is 19.8. The number of nitrogens with one attached hydrogen (secondary N) is 1. The molecule has 0 heterocycles. The number of amides is 1. The van der Waals surface area contributed by atoms with Crippen molar-refractivity contribution >= 4 is 17.7 Å². The second kappa shape index (κ2) is 12.3. The van der Waals surface area contributed by atoms with Gasteiger partial charge in [-0.15, -0.1) is 0 Å². The molecule has 0 aromatic rings. The molecule has 0 aliphatic carbocycles. The van der Waals surface area contributed by atoms with E-state index < -0.39 is 17.9 Å². The molecule has 6 nitrogen and oxygen atoms in total. The largest absolute Gasteiger partial charge is 0.480 e. The number of ketones is 1. The molecule has 0 saturated carbocycles. The van der Waals surface area contributed by atoms with Crippen LogP contribution in [-0.4, -0.2) is 40.5 Å². The Bertz CT molecular complexity index is 330. The second-order valence-electron chi connectivity index (χ2n) is 5.20. The van der Waals surface area contributed by atoms with Crippen molar-refractivity contribution in [2.45, 2.75) is 70.8 Å². The summed E-state index contributed by atoms with van der Waals surface area (Å²) in [5.41, 5.74) is 0. The number of carboxylic acid groups (broad SMARTS) is 1. The van der Waals surface area contributed by atoms with Crippen LogP contribution in [0.2, 0.25) is 0 Å². The molecule has 0 radical (unpaired) electrons. The van der Waals surface area contributed by atoms with Crippen molar-refractivity contribution in [3.8, 4) is 0 Å². The Kier molecular flexibility index (Phi) is 11.5. The molecule has 0 spiro atoms. The number of hydrogen-bond donors (Lipinski definition) is 3. The molecule has 1 amide bonds. The number of unbranched alkanes of at least 4 members (excludes halogenated alkanes) is 5. The minimum atomic E-state index is -1.21. The minimum Gasteiger partial charge on any atom is -0.480 e. The summed E-state index contributed by atoms with van der Waals surface area (Å²) in [7, 11) is 0. The monoisotopic (exact) mass is 301 g/mol. The molecule has 6 heteroatoms. The zero-order valence-corrected chi connectivity index (χ0v) is 12.8. The highest BCUT2D eigenvalue weighted by atomic mass is 16.4. The van der Waals surface area contributed by atoms with E-state index in [9.17, 15) is 14.4 Å². The molecule has 0 unspecified atom stereocenters. The van der Waals surface area contributed by atoms with E-state index in [-0.39, 0.29) is 25.2 Å². The van der Waals surface area contributed by atoms with E-state index in [4.69, 9.17) is 10.2 Å². The number of aliphatic hydroxyl groups is 1. The molecule has 0 saturated heterocycles. The first-order valence-electron chi connectivity index (χ1n) is 7.66. The summed E-state index contributed by atoms with van der Waals surface area (Å²) in [4.78, 5) is 33.9. The smallest absolute Gasteiger partial charge is 0.326 e. The zero-order chi connectivity index (χ0) is 16.1. The number of carboxylic acids is 1. The van der Waals surface area contributed by atoms with Gasteiger partial charge in [0, 0.05) is 19.4 Å². The number of aliphatic hydroxyl groups excluding tert-OH is 1. The van der Waals surface area contributed by atoms with Gasteiger partial charge in [0.2, 0.25) is 5.91 Å². The van der Waals surface area contributed by atoms with Crippen molar-refractivity contribution in [3.05, 3.63) is 0 Å². The Hall–Kier alpha value is -1.43. The number of hydrogen-bond acceptors (Lipinski definition) is 4. The molecule has 122 valence electrons. The Morgan fingerprint density at radius 3 is 2.24 bits per heavy atom. The maximum Gasteiger partial charge on any atom is 0.326 e. The Morgan fingerprint density at radius 2 is 1.67 bits per heavy atom. The summed E-state index contributed by atoms with van der Waals surface area (Å²) in [6.45, 7) is 1.81. The predicted molar refractivity (Wildman–Crippen MR) is 78.9 cm³/mol. The third kappa shape index (κ3) is 11.0. The normalized spacial score (nSPS) is 11.9. The summed E-state index contributed by atoms with van der Waals surface area (Å²) in [6.07, 6.45) is 6.42. The van der Waals surface area contributed by atoms with Crippen LogP contribution >= 0.6 is 0 Å². The quantitative estimate of drug-likeness (QED) is 0.354. The lowest BCUT2D eigenvalue weighted by Crippen LogP contribution is -2.42. The van der Waals surface area contributed by atoms with Crippen molar-refractivity contribution in [3.63, 3.8) is 0 Å². The highest BCUT2D eigenvalue weighted by molar-refractivity contribution is 5.99. The van der Waals surface area contributed by atoms with E-state index in [0.717, 1.165) is 19.3 Å². The van der Waals surface area contributed by atoms with Gasteiger partial charge in [-0.25, -0.2) is 4.79 Å². The first-order valence-corrected chi connectivity index (χ1v) is 7.66. The fraction of sp³-hybridized carbons (Fsp3) is 0.800. The molecule has 0 aromatic carbocycles. The van der Waals surface area contributed by atoms with Crippen LogP contribution in [0, 0.1) is 0 Å². The summed E-state index contributed by atoms with van der Waals surface area (Å²) < 4.78 is 0. The maximum atomic E-state index is 11.6. The van der Waals surface area contributed by atoms with Gasteiger partial charge in [0.25, 0.3) is 0 Å². The lowest BCUT2D eigenvalue weighted by molar-refractivity contribution is -0.143. The van der Waals surface area contributed by atoms with Crippen LogP contribution < -0.4 is 5.32 Å². The van der Waals surface area contributed by atoms with Crippen molar-refractivity contribution < 1.29 is 24.6 Å². The maximum absolute atomic E-state index is 11.6. The standard InChI is InChI=1S/C15H27NO5/c1-2-3-4-5-6-7-8-12(18)11-14(19)16-13(9-10-17)15(20)21/h13,17H,2-11H2,1H3,(H,16,19)(H,20,21)/t13-/m0/s1. The molecule has 0 aliphatic heterocycles. The lowest BCUT2D eigenvalue weighted by atomic mass is 10.1. The van der Waals surface area contributed by atoms with Crippen molar-refractivity contribution in [2.75, 3.05) is 6.61 Å². The van der Waals surface area contributed by atoms with Gasteiger partial charge in [0.05, 0.1) is 6.42 Å². The second-order valence-corrected chi connectivity index (χ2v) is 5.20. The first-order chi connectivity index (χ1) is 10.0. The molecule has 0 rings (SSSR count). The van der Waals surface area contributed by atoms with Crippen LogP contribution in [0.25, 0.3) is 0 Å². The van der Waals surface area contributed by atoms with Crippen molar-refractivity contribution in [1.82, 2.24) is 5.32 Å². The molecule has 0 aliphatic rings. The van der Waals surface area contributed by atoms with Crippen LogP contribution in [0.4, 0.5) is 0 Å². The van der Waals surface area contributed by atoms with Crippen LogP contribution in [-0.2, 0) is 14.4 Å².